The first-order valence-corrected chi connectivity index (χ1v) is 4.07. The number of fused-ring (bicyclic) bond motifs is 3. The van der Waals surface area contributed by atoms with Crippen LogP contribution in [0.25, 0.3) is 0 Å². The molecule has 2 aliphatic rings. The van der Waals surface area contributed by atoms with Gasteiger partial charge in [0.2, 0.25) is 0 Å². The highest BCUT2D eigenvalue weighted by molar-refractivity contribution is 5.85. The van der Waals surface area contributed by atoms with Crippen molar-refractivity contribution >= 4 is 18.6 Å². The van der Waals surface area contributed by atoms with Gasteiger partial charge in [-0.2, -0.15) is 0 Å². The van der Waals surface area contributed by atoms with Crippen LogP contribution in [0, 0.1) is 0 Å². The molecule has 1 aliphatic heterocycles. The lowest BCUT2D eigenvalue weighted by molar-refractivity contribution is 0.974. The third-order valence-electron chi connectivity index (χ3n) is 2.56. The molecule has 1 nitrogen and oxygen atoms in total. The molecule has 0 radical (unpaired) electrons. The van der Waals surface area contributed by atoms with Gasteiger partial charge in [-0.15, -0.1) is 12.4 Å². The average molecular weight is 180 g/mol. The van der Waals surface area contributed by atoms with Crippen LogP contribution in [0.2, 0.25) is 0 Å². The zero-order valence-corrected chi connectivity index (χ0v) is 7.42. The van der Waals surface area contributed by atoms with Crippen molar-refractivity contribution in [2.75, 3.05) is 0 Å². The summed E-state index contributed by atoms with van der Waals surface area (Å²) in [5.41, 5.74) is 2.83. The van der Waals surface area contributed by atoms with Gasteiger partial charge in [-0.3, -0.25) is 4.99 Å². The summed E-state index contributed by atoms with van der Waals surface area (Å²) in [6.45, 7) is 0. The van der Waals surface area contributed by atoms with Crippen LogP contribution in [-0.2, 0) is 0 Å². The molecular weight excluding hydrogens is 170 g/mol. The predicted molar refractivity (Wildman–Crippen MR) is 52.4 cm³/mol. The van der Waals surface area contributed by atoms with Crippen LogP contribution in [0.5, 0.6) is 0 Å². The summed E-state index contributed by atoms with van der Waals surface area (Å²) in [6.07, 6.45) is 3.29. The molecule has 1 aromatic carbocycles. The van der Waals surface area contributed by atoms with E-state index in [4.69, 9.17) is 0 Å². The van der Waals surface area contributed by atoms with E-state index in [2.05, 4.69) is 29.3 Å². The Bertz CT molecular complexity index is 332. The predicted octanol–water partition coefficient (Wildman–Crippen LogP) is 2.40. The first-order chi connectivity index (χ1) is 5.45. The highest BCUT2D eigenvalue weighted by Gasteiger charge is 2.40. The first kappa shape index (κ1) is 7.81. The molecule has 0 aromatic heterocycles. The normalized spacial score (nSPS) is 28.3. The van der Waals surface area contributed by atoms with E-state index in [1.165, 1.54) is 17.5 Å². The van der Waals surface area contributed by atoms with Gasteiger partial charge < -0.3 is 0 Å². The monoisotopic (exact) mass is 179 g/mol. The third kappa shape index (κ3) is 0.969. The number of nitrogens with zero attached hydrogens (tertiary/aromatic N) is 1. The molecule has 62 valence electrons. The van der Waals surface area contributed by atoms with Crippen molar-refractivity contribution < 1.29 is 0 Å². The number of rotatable bonds is 0. The fourth-order valence-corrected chi connectivity index (χ4v) is 1.82. The van der Waals surface area contributed by atoms with E-state index >= 15 is 0 Å². The number of benzene rings is 1. The lowest BCUT2D eigenvalue weighted by atomic mass is 10.0. The van der Waals surface area contributed by atoms with Crippen LogP contribution in [0.4, 0.5) is 0 Å². The molecule has 3 rings (SSSR count). The molecule has 0 spiro atoms. The second kappa shape index (κ2) is 2.60. The van der Waals surface area contributed by atoms with Crippen molar-refractivity contribution in [3.63, 3.8) is 0 Å². The SMILES string of the molecule is C1=NC2CC2c2ccccc21.Cl. The van der Waals surface area contributed by atoms with E-state index in [9.17, 15) is 0 Å². The van der Waals surface area contributed by atoms with Crippen molar-refractivity contribution in [1.29, 1.82) is 0 Å². The molecule has 0 saturated heterocycles. The van der Waals surface area contributed by atoms with Gasteiger partial charge in [-0.1, -0.05) is 24.3 Å². The number of halogens is 1. The lowest BCUT2D eigenvalue weighted by Gasteiger charge is -2.07. The number of aliphatic imine (C=N–C) groups is 1. The molecule has 1 fully saturated rings. The second-order valence-corrected chi connectivity index (χ2v) is 3.32. The van der Waals surface area contributed by atoms with Crippen molar-refractivity contribution in [1.82, 2.24) is 0 Å². The van der Waals surface area contributed by atoms with E-state index in [0.29, 0.717) is 6.04 Å². The average Bonchev–Trinajstić information content (AvgIpc) is 2.83. The maximum Gasteiger partial charge on any atom is 0.0575 e. The molecule has 12 heavy (non-hydrogen) atoms. The Hall–Kier alpha value is -0.820. The van der Waals surface area contributed by atoms with Crippen LogP contribution < -0.4 is 0 Å². The molecule has 0 amide bonds. The van der Waals surface area contributed by atoms with Crippen molar-refractivity contribution in [2.45, 2.75) is 18.4 Å². The molecule has 2 heteroatoms. The maximum atomic E-state index is 4.42. The largest absolute Gasteiger partial charge is 0.289 e. The van der Waals surface area contributed by atoms with E-state index in [0.717, 1.165) is 5.92 Å². The molecular formula is C10H10ClN. The van der Waals surface area contributed by atoms with Crippen molar-refractivity contribution in [3.05, 3.63) is 35.4 Å². The van der Waals surface area contributed by atoms with E-state index in [-0.39, 0.29) is 12.4 Å². The molecule has 1 aromatic rings. The number of hydrogen-bond acceptors (Lipinski definition) is 1. The summed E-state index contributed by atoms with van der Waals surface area (Å²) in [5, 5.41) is 0. The topological polar surface area (TPSA) is 12.4 Å². The highest BCUT2D eigenvalue weighted by atomic mass is 35.5. The smallest absolute Gasteiger partial charge is 0.0575 e. The zero-order valence-electron chi connectivity index (χ0n) is 6.60. The molecule has 2 atom stereocenters. The Kier molecular flexibility index (Phi) is 1.69. The lowest BCUT2D eigenvalue weighted by Crippen LogP contribution is -1.98. The first-order valence-electron chi connectivity index (χ1n) is 4.07. The molecule has 2 unspecified atom stereocenters. The maximum absolute atomic E-state index is 4.42. The third-order valence-corrected chi connectivity index (χ3v) is 2.56. The van der Waals surface area contributed by atoms with E-state index in [1.54, 1.807) is 0 Å². The van der Waals surface area contributed by atoms with Gasteiger partial charge in [0.15, 0.2) is 0 Å². The van der Waals surface area contributed by atoms with Crippen LogP contribution in [0.3, 0.4) is 0 Å². The molecule has 0 N–H and O–H groups in total. The summed E-state index contributed by atoms with van der Waals surface area (Å²) in [5.74, 6) is 0.760. The summed E-state index contributed by atoms with van der Waals surface area (Å²) in [7, 11) is 0. The van der Waals surface area contributed by atoms with Gasteiger partial charge >= 0.3 is 0 Å². The Morgan fingerprint density at radius 2 is 2.08 bits per heavy atom. The minimum Gasteiger partial charge on any atom is -0.289 e. The van der Waals surface area contributed by atoms with Gasteiger partial charge in [-0.25, -0.2) is 0 Å². The number of hydrogen-bond donors (Lipinski definition) is 0. The van der Waals surface area contributed by atoms with Crippen molar-refractivity contribution in [3.8, 4) is 0 Å². The van der Waals surface area contributed by atoms with Gasteiger partial charge in [0.1, 0.15) is 0 Å². The van der Waals surface area contributed by atoms with Gasteiger partial charge in [0.25, 0.3) is 0 Å². The fraction of sp³-hybridized carbons (Fsp3) is 0.300. The van der Waals surface area contributed by atoms with Gasteiger partial charge in [0, 0.05) is 12.1 Å². The Morgan fingerprint density at radius 3 is 3.00 bits per heavy atom. The van der Waals surface area contributed by atoms with Gasteiger partial charge in [-0.05, 0) is 17.5 Å². The Balaban J connectivity index is 0.000000563. The minimum atomic E-state index is 0. The molecule has 1 saturated carbocycles. The van der Waals surface area contributed by atoms with E-state index < -0.39 is 0 Å². The van der Waals surface area contributed by atoms with Crippen molar-refractivity contribution in [2.24, 2.45) is 4.99 Å². The standard InChI is InChI=1S/C10H9N.ClH/c1-2-4-8-7(3-1)6-11-10-5-9(8)10;/h1-4,6,9-10H,5H2;1H. The summed E-state index contributed by atoms with van der Waals surface area (Å²) < 4.78 is 0. The molecule has 1 heterocycles. The van der Waals surface area contributed by atoms with E-state index in [1.807, 2.05) is 6.21 Å². The Labute approximate surface area is 77.9 Å². The highest BCUT2D eigenvalue weighted by Crippen LogP contribution is 2.46. The second-order valence-electron chi connectivity index (χ2n) is 3.32. The molecule has 1 aliphatic carbocycles. The zero-order chi connectivity index (χ0) is 7.26. The van der Waals surface area contributed by atoms with Crippen LogP contribution >= 0.6 is 12.4 Å². The summed E-state index contributed by atoms with van der Waals surface area (Å²) >= 11 is 0. The molecule has 0 bridgehead atoms. The van der Waals surface area contributed by atoms with Crippen LogP contribution in [-0.4, -0.2) is 12.3 Å². The Morgan fingerprint density at radius 1 is 1.25 bits per heavy atom. The quantitative estimate of drug-likeness (QED) is 0.580. The van der Waals surface area contributed by atoms with Crippen LogP contribution in [0.15, 0.2) is 29.3 Å². The van der Waals surface area contributed by atoms with Crippen LogP contribution in [0.1, 0.15) is 23.5 Å². The minimum absolute atomic E-state index is 0. The van der Waals surface area contributed by atoms with Gasteiger partial charge in [0.05, 0.1) is 6.04 Å². The summed E-state index contributed by atoms with van der Waals surface area (Å²) in [4.78, 5) is 4.42. The fourth-order valence-electron chi connectivity index (χ4n) is 1.82. The summed E-state index contributed by atoms with van der Waals surface area (Å²) in [6, 6.07) is 9.20.